The monoisotopic (exact) mass is 427 g/mol. The van der Waals surface area contributed by atoms with Gasteiger partial charge in [0.2, 0.25) is 11.7 Å². The van der Waals surface area contributed by atoms with Crippen LogP contribution in [0.25, 0.3) is 0 Å². The van der Waals surface area contributed by atoms with Gasteiger partial charge in [-0.15, -0.1) is 0 Å². The molecule has 0 spiro atoms. The third-order valence-electron chi connectivity index (χ3n) is 5.77. The summed E-state index contributed by atoms with van der Waals surface area (Å²) in [4.78, 5) is 19.3. The molecule has 0 unspecified atom stereocenters. The molecule has 1 amide bonds. The minimum Gasteiger partial charge on any atom is -0.493 e. The lowest BCUT2D eigenvalue weighted by atomic mass is 9.99. The molecule has 0 radical (unpaired) electrons. The number of ether oxygens (including phenoxy) is 3. The Morgan fingerprint density at radius 1 is 1.06 bits per heavy atom. The van der Waals surface area contributed by atoms with Gasteiger partial charge in [0.1, 0.15) is 5.82 Å². The van der Waals surface area contributed by atoms with Crippen LogP contribution < -0.4 is 24.4 Å². The molecule has 1 fully saturated rings. The summed E-state index contributed by atoms with van der Waals surface area (Å²) in [5.74, 6) is 3.53. The van der Waals surface area contributed by atoms with E-state index in [0.29, 0.717) is 36.6 Å². The van der Waals surface area contributed by atoms with Gasteiger partial charge in [0.25, 0.3) is 0 Å². The van der Waals surface area contributed by atoms with Crippen LogP contribution in [0.1, 0.15) is 37.3 Å². The molecule has 2 heterocycles. The Bertz CT molecular complexity index is 837. The lowest BCUT2D eigenvalue weighted by Gasteiger charge is -2.31. The van der Waals surface area contributed by atoms with E-state index in [2.05, 4.69) is 22.1 Å². The zero-order chi connectivity index (χ0) is 22.2. The Kier molecular flexibility index (Phi) is 7.98. The number of anilines is 1. The maximum atomic E-state index is 12.3. The summed E-state index contributed by atoms with van der Waals surface area (Å²) in [5, 5.41) is 2.97. The van der Waals surface area contributed by atoms with Crippen molar-refractivity contribution in [1.82, 2.24) is 10.3 Å². The molecule has 0 saturated carbocycles. The molecule has 1 N–H and O–H groups in total. The second-order valence-electron chi connectivity index (χ2n) is 8.00. The molecule has 1 aliphatic heterocycles. The van der Waals surface area contributed by atoms with Crippen molar-refractivity contribution in [2.75, 3.05) is 39.3 Å². The molecular weight excluding hydrogens is 394 g/mol. The first kappa shape index (κ1) is 22.7. The second kappa shape index (κ2) is 10.9. The topological polar surface area (TPSA) is 72.9 Å². The Labute approximate surface area is 184 Å². The number of carbonyl (C=O) groups is 1. The Hall–Kier alpha value is -2.96. The molecule has 0 bridgehead atoms. The van der Waals surface area contributed by atoms with E-state index in [1.54, 1.807) is 21.3 Å². The molecule has 0 atom stereocenters. The van der Waals surface area contributed by atoms with E-state index >= 15 is 0 Å². The minimum absolute atomic E-state index is 0.0113. The third kappa shape index (κ3) is 6.03. The molecule has 7 heteroatoms. The van der Waals surface area contributed by atoms with Crippen molar-refractivity contribution in [3.8, 4) is 17.2 Å². The van der Waals surface area contributed by atoms with E-state index in [-0.39, 0.29) is 5.91 Å². The fraction of sp³-hybridized carbons (Fsp3) is 0.500. The highest BCUT2D eigenvalue weighted by Gasteiger charge is 2.17. The van der Waals surface area contributed by atoms with Gasteiger partial charge in [-0.2, -0.15) is 0 Å². The van der Waals surface area contributed by atoms with E-state index in [1.807, 2.05) is 30.5 Å². The maximum absolute atomic E-state index is 12.3. The second-order valence-corrected chi connectivity index (χ2v) is 8.00. The van der Waals surface area contributed by atoms with Crippen molar-refractivity contribution < 1.29 is 19.0 Å². The van der Waals surface area contributed by atoms with Crippen LogP contribution in [0.15, 0.2) is 30.5 Å². The Morgan fingerprint density at radius 3 is 2.29 bits per heavy atom. The fourth-order valence-electron chi connectivity index (χ4n) is 3.77. The summed E-state index contributed by atoms with van der Waals surface area (Å²) in [5.41, 5.74) is 1.95. The van der Waals surface area contributed by atoms with Gasteiger partial charge >= 0.3 is 0 Å². The highest BCUT2D eigenvalue weighted by Crippen LogP contribution is 2.38. The Balaban J connectivity index is 1.49. The van der Waals surface area contributed by atoms with Gasteiger partial charge in [-0.25, -0.2) is 4.98 Å². The first-order valence-corrected chi connectivity index (χ1v) is 10.8. The number of methoxy groups -OCH3 is 3. The van der Waals surface area contributed by atoms with Gasteiger partial charge in [-0.05, 0) is 54.5 Å². The molecule has 7 nitrogen and oxygen atoms in total. The van der Waals surface area contributed by atoms with Crippen molar-refractivity contribution >= 4 is 11.7 Å². The SMILES string of the molecule is COc1cc(CCC(=O)NCc2ccc(N3CCC(C)CC3)nc2)cc(OC)c1OC. The van der Waals surface area contributed by atoms with Crippen molar-refractivity contribution in [2.24, 2.45) is 5.92 Å². The van der Waals surface area contributed by atoms with Crippen molar-refractivity contribution in [1.29, 1.82) is 0 Å². The first-order chi connectivity index (χ1) is 15.0. The van der Waals surface area contributed by atoms with Crippen LogP contribution in [0.4, 0.5) is 5.82 Å². The predicted octanol–water partition coefficient (Wildman–Crippen LogP) is 3.59. The molecule has 31 heavy (non-hydrogen) atoms. The molecule has 1 aromatic carbocycles. The van der Waals surface area contributed by atoms with Gasteiger partial charge < -0.3 is 24.4 Å². The van der Waals surface area contributed by atoms with Crippen LogP contribution in [0, 0.1) is 5.92 Å². The third-order valence-corrected chi connectivity index (χ3v) is 5.77. The average molecular weight is 428 g/mol. The number of rotatable bonds is 9. The number of nitrogens with one attached hydrogen (secondary N) is 1. The number of piperidine rings is 1. The zero-order valence-corrected chi connectivity index (χ0v) is 18.9. The van der Waals surface area contributed by atoms with E-state index in [9.17, 15) is 4.79 Å². The van der Waals surface area contributed by atoms with E-state index in [4.69, 9.17) is 14.2 Å². The minimum atomic E-state index is -0.0113. The summed E-state index contributed by atoms with van der Waals surface area (Å²) in [6.07, 6.45) is 5.23. The van der Waals surface area contributed by atoms with Crippen LogP contribution in [0.3, 0.4) is 0 Å². The number of nitrogens with zero attached hydrogens (tertiary/aromatic N) is 2. The highest BCUT2D eigenvalue weighted by molar-refractivity contribution is 5.76. The average Bonchev–Trinajstić information content (AvgIpc) is 2.81. The summed E-state index contributed by atoms with van der Waals surface area (Å²) < 4.78 is 16.1. The number of amides is 1. The van der Waals surface area contributed by atoms with Crippen molar-refractivity contribution in [2.45, 2.75) is 39.2 Å². The number of aryl methyl sites for hydroxylation is 1. The highest BCUT2D eigenvalue weighted by atomic mass is 16.5. The van der Waals surface area contributed by atoms with Crippen molar-refractivity contribution in [3.63, 3.8) is 0 Å². The standard InChI is InChI=1S/C24H33N3O4/c1-17-9-11-27(12-10-17)22-7-5-19(15-25-22)16-26-23(28)8-6-18-13-20(29-2)24(31-4)21(14-18)30-3/h5,7,13-15,17H,6,8-12,16H2,1-4H3,(H,26,28). The summed E-state index contributed by atoms with van der Waals surface area (Å²) in [7, 11) is 4.74. The lowest BCUT2D eigenvalue weighted by Crippen LogP contribution is -2.33. The molecule has 0 aliphatic carbocycles. The summed E-state index contributed by atoms with van der Waals surface area (Å²) in [6, 6.07) is 7.84. The molecule has 1 aromatic heterocycles. The zero-order valence-electron chi connectivity index (χ0n) is 18.9. The van der Waals surface area contributed by atoms with Gasteiger partial charge in [0.05, 0.1) is 21.3 Å². The van der Waals surface area contributed by atoms with Crippen LogP contribution in [-0.4, -0.2) is 45.3 Å². The van der Waals surface area contributed by atoms with Crippen LogP contribution in [0.2, 0.25) is 0 Å². The molecule has 2 aromatic rings. The van der Waals surface area contributed by atoms with Crippen LogP contribution in [-0.2, 0) is 17.8 Å². The first-order valence-electron chi connectivity index (χ1n) is 10.8. The normalized spacial score (nSPS) is 14.3. The quantitative estimate of drug-likeness (QED) is 0.659. The number of hydrogen-bond acceptors (Lipinski definition) is 6. The van der Waals surface area contributed by atoms with Crippen LogP contribution >= 0.6 is 0 Å². The number of hydrogen-bond donors (Lipinski definition) is 1. The lowest BCUT2D eigenvalue weighted by molar-refractivity contribution is -0.121. The molecular formula is C24H33N3O4. The predicted molar refractivity (Wildman–Crippen MR) is 121 cm³/mol. The molecule has 1 saturated heterocycles. The summed E-state index contributed by atoms with van der Waals surface area (Å²) >= 11 is 0. The van der Waals surface area contributed by atoms with Gasteiger partial charge in [0, 0.05) is 32.3 Å². The van der Waals surface area contributed by atoms with Gasteiger partial charge in [-0.1, -0.05) is 13.0 Å². The maximum Gasteiger partial charge on any atom is 0.220 e. The number of aromatic nitrogens is 1. The van der Waals surface area contributed by atoms with Gasteiger partial charge in [0.15, 0.2) is 11.5 Å². The van der Waals surface area contributed by atoms with E-state index < -0.39 is 0 Å². The Morgan fingerprint density at radius 2 is 1.74 bits per heavy atom. The summed E-state index contributed by atoms with van der Waals surface area (Å²) in [6.45, 7) is 4.90. The van der Waals surface area contributed by atoms with Gasteiger partial charge in [-0.3, -0.25) is 4.79 Å². The van der Waals surface area contributed by atoms with E-state index in [1.165, 1.54) is 12.8 Å². The van der Waals surface area contributed by atoms with Crippen molar-refractivity contribution in [3.05, 3.63) is 41.6 Å². The number of carbonyl (C=O) groups excluding carboxylic acids is 1. The number of pyridine rings is 1. The molecule has 1 aliphatic rings. The number of benzene rings is 1. The molecule has 168 valence electrons. The van der Waals surface area contributed by atoms with Crippen LogP contribution in [0.5, 0.6) is 17.2 Å². The largest absolute Gasteiger partial charge is 0.493 e. The van der Waals surface area contributed by atoms with E-state index in [0.717, 1.165) is 36.0 Å². The fourth-order valence-corrected chi connectivity index (χ4v) is 3.77. The molecule has 3 rings (SSSR count). The smallest absolute Gasteiger partial charge is 0.220 e.